The summed E-state index contributed by atoms with van der Waals surface area (Å²) in [5, 5.41) is 40.0. The van der Waals surface area contributed by atoms with E-state index in [1.54, 1.807) is 0 Å². The van der Waals surface area contributed by atoms with Gasteiger partial charge in [-0.15, -0.1) is 0 Å². The van der Waals surface area contributed by atoms with Gasteiger partial charge in [0.1, 0.15) is 30.5 Å². The van der Waals surface area contributed by atoms with Gasteiger partial charge in [-0.05, 0) is 70.6 Å². The molecule has 0 aromatic rings. The molecule has 1 heterocycles. The fourth-order valence-corrected chi connectivity index (χ4v) is 6.15. The van der Waals surface area contributed by atoms with Crippen molar-refractivity contribution in [2.45, 2.75) is 198 Å². The molecule has 0 saturated carbocycles. The second-order valence-corrected chi connectivity index (χ2v) is 14.4. The predicted octanol–water partition coefficient (Wildman–Crippen LogP) is 8.97. The molecule has 0 radical (unpaired) electrons. The normalized spacial score (nSPS) is 21.5. The Morgan fingerprint density at radius 1 is 0.623 bits per heavy atom. The molecular formula is C44H78O9. The van der Waals surface area contributed by atoms with Gasteiger partial charge >= 0.3 is 5.97 Å². The zero-order valence-corrected chi connectivity index (χ0v) is 33.5. The van der Waals surface area contributed by atoms with Gasteiger partial charge in [-0.1, -0.05) is 133 Å². The molecule has 0 aromatic carbocycles. The van der Waals surface area contributed by atoms with Crippen LogP contribution in [0, 0.1) is 0 Å². The van der Waals surface area contributed by atoms with Crippen molar-refractivity contribution in [1.29, 1.82) is 0 Å². The Hall–Kier alpha value is -1.85. The monoisotopic (exact) mass is 751 g/mol. The molecule has 0 amide bonds. The van der Waals surface area contributed by atoms with E-state index in [9.17, 15) is 25.2 Å². The second-order valence-electron chi connectivity index (χ2n) is 14.4. The van der Waals surface area contributed by atoms with Crippen molar-refractivity contribution in [2.75, 3.05) is 26.4 Å². The minimum atomic E-state index is -1.54. The van der Waals surface area contributed by atoms with Crippen molar-refractivity contribution >= 4 is 5.97 Å². The summed E-state index contributed by atoms with van der Waals surface area (Å²) in [5.74, 6) is -0.334. The maximum absolute atomic E-state index is 12.7. The molecule has 1 rings (SSSR count). The molecule has 9 heteroatoms. The smallest absolute Gasteiger partial charge is 0.306 e. The number of unbranched alkanes of at least 4 members (excludes halogenated alkanes) is 16. The summed E-state index contributed by atoms with van der Waals surface area (Å²) in [6, 6.07) is 0. The number of aliphatic hydroxyl groups excluding tert-OH is 4. The minimum absolute atomic E-state index is 0.124. The van der Waals surface area contributed by atoms with Crippen LogP contribution in [0.2, 0.25) is 0 Å². The SMILES string of the molecule is CC/C=C\C/C=C\C/C=C\CCCCCCCC(=O)OC(COCCCCCCCC/C=C\CCCCCCC)COC1OC(CO)C(O)C(O)C1O. The molecule has 4 N–H and O–H groups in total. The molecule has 1 aliphatic rings. The average Bonchev–Trinajstić information content (AvgIpc) is 3.16. The second kappa shape index (κ2) is 35.8. The standard InChI is InChI=1S/C44H78O9/c1-3-5-7-9-11-13-15-17-19-21-23-25-27-29-31-33-40(46)52-38(37-51-44-43(49)42(48)41(47)39(35-45)53-44)36-50-34-32-30-28-26-24-22-20-18-16-14-12-10-8-6-4-2/h5,7,11,13,16-19,38-39,41-45,47-49H,3-4,6,8-10,12,14-15,20-37H2,1-2H3/b7-5-,13-11-,18-16-,19-17-. The fraction of sp³-hybridized carbons (Fsp3) is 0.795. The average molecular weight is 751 g/mol. The van der Waals surface area contributed by atoms with Crippen molar-refractivity contribution in [3.05, 3.63) is 48.6 Å². The van der Waals surface area contributed by atoms with E-state index < -0.39 is 43.4 Å². The first-order valence-electron chi connectivity index (χ1n) is 21.2. The van der Waals surface area contributed by atoms with Crippen LogP contribution in [-0.2, 0) is 23.7 Å². The summed E-state index contributed by atoms with van der Waals surface area (Å²) < 4.78 is 22.7. The number of carbonyl (C=O) groups excluding carboxylic acids is 1. The molecule has 0 aliphatic carbocycles. The lowest BCUT2D eigenvalue weighted by molar-refractivity contribution is -0.305. The van der Waals surface area contributed by atoms with Gasteiger partial charge in [0.15, 0.2) is 6.29 Å². The van der Waals surface area contributed by atoms with Crippen LogP contribution in [-0.4, -0.2) is 89.6 Å². The highest BCUT2D eigenvalue weighted by atomic mass is 16.7. The van der Waals surface area contributed by atoms with E-state index >= 15 is 0 Å². The Kier molecular flexibility index (Phi) is 33.2. The van der Waals surface area contributed by atoms with Gasteiger partial charge in [0.2, 0.25) is 0 Å². The predicted molar refractivity (Wildman–Crippen MR) is 215 cm³/mol. The van der Waals surface area contributed by atoms with Crippen LogP contribution in [0.25, 0.3) is 0 Å². The van der Waals surface area contributed by atoms with Gasteiger partial charge in [0.05, 0.1) is 19.8 Å². The van der Waals surface area contributed by atoms with Gasteiger partial charge in [-0.25, -0.2) is 0 Å². The molecule has 0 aromatic heterocycles. The molecule has 6 atom stereocenters. The lowest BCUT2D eigenvalue weighted by Gasteiger charge is -2.39. The maximum atomic E-state index is 12.7. The molecule has 0 spiro atoms. The molecule has 308 valence electrons. The van der Waals surface area contributed by atoms with Crippen LogP contribution in [0.3, 0.4) is 0 Å². The number of allylic oxidation sites excluding steroid dienone is 8. The number of hydrogen-bond acceptors (Lipinski definition) is 9. The Balaban J connectivity index is 2.31. The number of aliphatic hydroxyl groups is 4. The van der Waals surface area contributed by atoms with Crippen LogP contribution >= 0.6 is 0 Å². The molecule has 1 saturated heterocycles. The van der Waals surface area contributed by atoms with Crippen molar-refractivity contribution in [3.8, 4) is 0 Å². The molecule has 53 heavy (non-hydrogen) atoms. The summed E-state index contributed by atoms with van der Waals surface area (Å²) in [7, 11) is 0. The highest BCUT2D eigenvalue weighted by molar-refractivity contribution is 5.69. The van der Waals surface area contributed by atoms with E-state index in [2.05, 4.69) is 62.5 Å². The molecule has 9 nitrogen and oxygen atoms in total. The van der Waals surface area contributed by atoms with Gasteiger partial charge in [0.25, 0.3) is 0 Å². The van der Waals surface area contributed by atoms with E-state index in [4.69, 9.17) is 18.9 Å². The van der Waals surface area contributed by atoms with Gasteiger partial charge in [0, 0.05) is 13.0 Å². The van der Waals surface area contributed by atoms with Crippen LogP contribution in [0.4, 0.5) is 0 Å². The summed E-state index contributed by atoms with van der Waals surface area (Å²) in [6.07, 6.45) is 35.6. The van der Waals surface area contributed by atoms with Crippen molar-refractivity contribution < 1.29 is 44.2 Å². The van der Waals surface area contributed by atoms with E-state index in [0.717, 1.165) is 83.5 Å². The quantitative estimate of drug-likeness (QED) is 0.0285. The van der Waals surface area contributed by atoms with Crippen LogP contribution in [0.15, 0.2) is 48.6 Å². The maximum Gasteiger partial charge on any atom is 0.306 e. The Morgan fingerprint density at radius 2 is 1.15 bits per heavy atom. The molecular weight excluding hydrogens is 672 g/mol. The van der Waals surface area contributed by atoms with Gasteiger partial charge in [-0.2, -0.15) is 0 Å². The summed E-state index contributed by atoms with van der Waals surface area (Å²) >= 11 is 0. The Morgan fingerprint density at radius 3 is 1.75 bits per heavy atom. The van der Waals surface area contributed by atoms with Gasteiger partial charge in [-0.3, -0.25) is 4.79 Å². The van der Waals surface area contributed by atoms with Gasteiger partial charge < -0.3 is 39.4 Å². The highest BCUT2D eigenvalue weighted by Gasteiger charge is 2.44. The Bertz CT molecular complexity index is 947. The zero-order valence-electron chi connectivity index (χ0n) is 33.5. The lowest BCUT2D eigenvalue weighted by atomic mass is 9.99. The minimum Gasteiger partial charge on any atom is -0.457 e. The van der Waals surface area contributed by atoms with E-state index in [0.29, 0.717) is 13.0 Å². The number of esters is 1. The number of ether oxygens (including phenoxy) is 4. The van der Waals surface area contributed by atoms with E-state index in [1.807, 2.05) is 0 Å². The number of rotatable bonds is 35. The third-order valence-corrected chi connectivity index (χ3v) is 9.48. The molecule has 6 unspecified atom stereocenters. The van der Waals surface area contributed by atoms with Crippen LogP contribution < -0.4 is 0 Å². The molecule has 1 fully saturated rings. The molecule has 1 aliphatic heterocycles. The first-order chi connectivity index (χ1) is 25.9. The fourth-order valence-electron chi connectivity index (χ4n) is 6.15. The Labute approximate surface area is 322 Å². The summed E-state index contributed by atoms with van der Waals surface area (Å²) in [6.45, 7) is 4.39. The van der Waals surface area contributed by atoms with Crippen LogP contribution in [0.5, 0.6) is 0 Å². The van der Waals surface area contributed by atoms with E-state index in [1.165, 1.54) is 57.8 Å². The number of hydrogen-bond donors (Lipinski definition) is 4. The number of carbonyl (C=O) groups is 1. The summed E-state index contributed by atoms with van der Waals surface area (Å²) in [5.41, 5.74) is 0. The summed E-state index contributed by atoms with van der Waals surface area (Å²) in [4.78, 5) is 12.7. The topological polar surface area (TPSA) is 135 Å². The highest BCUT2D eigenvalue weighted by Crippen LogP contribution is 2.22. The third kappa shape index (κ3) is 27.4. The third-order valence-electron chi connectivity index (χ3n) is 9.48. The zero-order chi connectivity index (χ0) is 38.6. The van der Waals surface area contributed by atoms with E-state index in [-0.39, 0.29) is 19.2 Å². The first kappa shape index (κ1) is 49.2. The van der Waals surface area contributed by atoms with Crippen molar-refractivity contribution in [2.24, 2.45) is 0 Å². The lowest BCUT2D eigenvalue weighted by Crippen LogP contribution is -2.59. The molecule has 0 bridgehead atoms. The van der Waals surface area contributed by atoms with Crippen molar-refractivity contribution in [1.82, 2.24) is 0 Å². The largest absolute Gasteiger partial charge is 0.457 e. The van der Waals surface area contributed by atoms with Crippen molar-refractivity contribution in [3.63, 3.8) is 0 Å². The van der Waals surface area contributed by atoms with Crippen LogP contribution in [0.1, 0.15) is 162 Å². The first-order valence-corrected chi connectivity index (χ1v) is 21.2.